The minimum Gasteiger partial charge on any atom is -0.478 e. The van der Waals surface area contributed by atoms with Gasteiger partial charge in [0.1, 0.15) is 5.69 Å². The van der Waals surface area contributed by atoms with E-state index in [1.807, 2.05) is 0 Å². The number of rotatable bonds is 7. The molecule has 0 bridgehead atoms. The third-order valence-corrected chi connectivity index (χ3v) is 3.49. The minimum atomic E-state index is -1.15. The first kappa shape index (κ1) is 16.1. The highest BCUT2D eigenvalue weighted by molar-refractivity contribution is 7.84. The molecule has 2 unspecified atom stereocenters. The van der Waals surface area contributed by atoms with Gasteiger partial charge < -0.3 is 10.4 Å². The number of hydrogen-bond donors (Lipinski definition) is 2. The van der Waals surface area contributed by atoms with Gasteiger partial charge in [-0.1, -0.05) is 0 Å². The number of carbonyl (C=O) groups is 1. The number of benzene rings is 1. The van der Waals surface area contributed by atoms with Crippen molar-refractivity contribution in [2.45, 2.75) is 19.4 Å². The fraction of sp³-hybridized carbons (Fsp3) is 0.417. The van der Waals surface area contributed by atoms with Gasteiger partial charge in [-0.05, 0) is 25.5 Å². The maximum absolute atomic E-state index is 11.0. The molecule has 7 nitrogen and oxygen atoms in total. The number of nitrogens with zero attached hydrogens (tertiary/aromatic N) is 1. The Morgan fingerprint density at radius 3 is 2.70 bits per heavy atom. The van der Waals surface area contributed by atoms with E-state index in [-0.39, 0.29) is 23.0 Å². The van der Waals surface area contributed by atoms with Crippen LogP contribution in [0.2, 0.25) is 0 Å². The lowest BCUT2D eigenvalue weighted by Crippen LogP contribution is -2.19. The summed E-state index contributed by atoms with van der Waals surface area (Å²) in [6.07, 6.45) is 2.15. The second-order valence-electron chi connectivity index (χ2n) is 4.41. The van der Waals surface area contributed by atoms with Crippen LogP contribution < -0.4 is 5.32 Å². The van der Waals surface area contributed by atoms with Crippen molar-refractivity contribution in [3.8, 4) is 0 Å². The summed E-state index contributed by atoms with van der Waals surface area (Å²) >= 11 is 0. The van der Waals surface area contributed by atoms with E-state index in [4.69, 9.17) is 5.11 Å². The monoisotopic (exact) mass is 300 g/mol. The van der Waals surface area contributed by atoms with E-state index in [0.717, 1.165) is 6.07 Å². The lowest BCUT2D eigenvalue weighted by atomic mass is 10.1. The van der Waals surface area contributed by atoms with E-state index >= 15 is 0 Å². The molecule has 2 atom stereocenters. The number of aromatic carboxylic acids is 1. The largest absolute Gasteiger partial charge is 0.478 e. The van der Waals surface area contributed by atoms with Gasteiger partial charge in [-0.2, -0.15) is 0 Å². The summed E-state index contributed by atoms with van der Waals surface area (Å²) in [6, 6.07) is 3.44. The van der Waals surface area contributed by atoms with Gasteiger partial charge in [0.2, 0.25) is 0 Å². The molecule has 0 amide bonds. The van der Waals surface area contributed by atoms with E-state index in [1.54, 1.807) is 13.2 Å². The molecule has 0 spiro atoms. The first-order valence-electron chi connectivity index (χ1n) is 5.89. The molecule has 0 aliphatic heterocycles. The quantitative estimate of drug-likeness (QED) is 0.587. The topological polar surface area (TPSA) is 110 Å². The normalized spacial score (nSPS) is 13.5. The van der Waals surface area contributed by atoms with E-state index in [9.17, 15) is 19.1 Å². The van der Waals surface area contributed by atoms with Gasteiger partial charge in [-0.25, -0.2) is 4.79 Å². The average molecular weight is 300 g/mol. The standard InChI is InChI=1S/C12H16N2O5S/c1-8(5-6-20(2)19)13-10-7-9(12(15)16)3-4-11(10)14(17)18/h3-4,7-8,13H,5-6H2,1-2H3,(H,15,16). The van der Waals surface area contributed by atoms with Crippen LogP contribution in [0.5, 0.6) is 0 Å². The Bertz CT molecular complexity index is 547. The molecule has 2 N–H and O–H groups in total. The Labute approximate surface area is 118 Å². The predicted molar refractivity (Wildman–Crippen MR) is 76.7 cm³/mol. The molecule has 0 aliphatic carbocycles. The third-order valence-electron chi connectivity index (χ3n) is 2.68. The summed E-state index contributed by atoms with van der Waals surface area (Å²) in [5.74, 6) is -0.675. The Morgan fingerprint density at radius 2 is 2.20 bits per heavy atom. The van der Waals surface area contributed by atoms with Crippen LogP contribution in [0.15, 0.2) is 18.2 Å². The Kier molecular flexibility index (Phi) is 5.63. The summed E-state index contributed by atoms with van der Waals surface area (Å²) in [6.45, 7) is 1.80. The summed E-state index contributed by atoms with van der Waals surface area (Å²) in [5, 5.41) is 22.7. The molecule has 20 heavy (non-hydrogen) atoms. The highest BCUT2D eigenvalue weighted by Gasteiger charge is 2.18. The predicted octanol–water partition coefficient (Wildman–Crippen LogP) is 1.86. The van der Waals surface area contributed by atoms with Crippen molar-refractivity contribution in [2.24, 2.45) is 0 Å². The van der Waals surface area contributed by atoms with Crippen molar-refractivity contribution in [1.82, 2.24) is 0 Å². The second-order valence-corrected chi connectivity index (χ2v) is 5.96. The molecule has 0 fully saturated rings. The van der Waals surface area contributed by atoms with Gasteiger partial charge in [0, 0.05) is 34.9 Å². The minimum absolute atomic E-state index is 0.0237. The van der Waals surface area contributed by atoms with Gasteiger partial charge in [-0.15, -0.1) is 0 Å². The SMILES string of the molecule is CC(CCS(C)=O)Nc1cc(C(=O)O)ccc1[N+](=O)[O-]. The second kappa shape index (κ2) is 6.99. The lowest BCUT2D eigenvalue weighted by molar-refractivity contribution is -0.384. The lowest BCUT2D eigenvalue weighted by Gasteiger charge is -2.15. The molecule has 0 saturated carbocycles. The van der Waals surface area contributed by atoms with Gasteiger partial charge in [0.15, 0.2) is 0 Å². The summed E-state index contributed by atoms with van der Waals surface area (Å²) in [7, 11) is -0.938. The van der Waals surface area contributed by atoms with Crippen molar-refractivity contribution in [3.05, 3.63) is 33.9 Å². The van der Waals surface area contributed by atoms with Crippen LogP contribution in [0.1, 0.15) is 23.7 Å². The number of nitrogens with one attached hydrogen (secondary N) is 1. The summed E-state index contributed by atoms with van der Waals surface area (Å²) in [5.41, 5.74) is -0.0480. The average Bonchev–Trinajstić information content (AvgIpc) is 2.35. The first-order valence-corrected chi connectivity index (χ1v) is 7.62. The molecule has 0 radical (unpaired) electrons. The summed E-state index contributed by atoms with van der Waals surface area (Å²) in [4.78, 5) is 21.2. The van der Waals surface area contributed by atoms with Gasteiger partial charge in [0.25, 0.3) is 5.69 Å². The van der Waals surface area contributed by atoms with E-state index in [1.165, 1.54) is 12.1 Å². The molecule has 1 rings (SSSR count). The number of carboxylic acids is 1. The van der Waals surface area contributed by atoms with Crippen molar-refractivity contribution in [1.29, 1.82) is 0 Å². The zero-order valence-corrected chi connectivity index (χ0v) is 12.0. The zero-order chi connectivity index (χ0) is 15.3. The number of nitro benzene ring substituents is 1. The molecular formula is C12H16N2O5S. The van der Waals surface area contributed by atoms with Crippen LogP contribution in [0.25, 0.3) is 0 Å². The molecule has 1 aromatic rings. The molecule has 1 aromatic carbocycles. The highest BCUT2D eigenvalue weighted by atomic mass is 32.2. The van der Waals surface area contributed by atoms with Crippen LogP contribution >= 0.6 is 0 Å². The number of hydrogen-bond acceptors (Lipinski definition) is 5. The van der Waals surface area contributed by atoms with Crippen LogP contribution in [-0.2, 0) is 10.8 Å². The highest BCUT2D eigenvalue weighted by Crippen LogP contribution is 2.26. The van der Waals surface area contributed by atoms with Crippen molar-refractivity contribution in [3.63, 3.8) is 0 Å². The Hall–Kier alpha value is -1.96. The van der Waals surface area contributed by atoms with Gasteiger partial charge >= 0.3 is 5.97 Å². The maximum Gasteiger partial charge on any atom is 0.335 e. The van der Waals surface area contributed by atoms with Crippen LogP contribution in [0.3, 0.4) is 0 Å². The maximum atomic E-state index is 11.0. The number of nitro groups is 1. The Balaban J connectivity index is 2.95. The van der Waals surface area contributed by atoms with Crippen LogP contribution in [0, 0.1) is 10.1 Å². The molecule has 0 aromatic heterocycles. The van der Waals surface area contributed by atoms with Gasteiger partial charge in [0.05, 0.1) is 10.5 Å². The van der Waals surface area contributed by atoms with E-state index in [2.05, 4.69) is 5.32 Å². The Morgan fingerprint density at radius 1 is 1.55 bits per heavy atom. The van der Waals surface area contributed by atoms with Crippen molar-refractivity contribution >= 4 is 28.1 Å². The molecule has 8 heteroatoms. The smallest absolute Gasteiger partial charge is 0.335 e. The third kappa shape index (κ3) is 4.61. The zero-order valence-electron chi connectivity index (χ0n) is 11.2. The first-order chi connectivity index (χ1) is 9.31. The molecule has 0 aliphatic rings. The molecule has 0 heterocycles. The summed E-state index contributed by atoms with van der Waals surface area (Å²) < 4.78 is 11.0. The van der Waals surface area contributed by atoms with Crippen molar-refractivity contribution in [2.75, 3.05) is 17.3 Å². The fourth-order valence-corrected chi connectivity index (χ4v) is 2.31. The van der Waals surface area contributed by atoms with Crippen molar-refractivity contribution < 1.29 is 19.0 Å². The molecule has 110 valence electrons. The number of anilines is 1. The molecular weight excluding hydrogens is 284 g/mol. The van der Waals surface area contributed by atoms with Crippen LogP contribution in [0.4, 0.5) is 11.4 Å². The van der Waals surface area contributed by atoms with Crippen LogP contribution in [-0.4, -0.2) is 38.3 Å². The van der Waals surface area contributed by atoms with E-state index < -0.39 is 21.7 Å². The van der Waals surface area contributed by atoms with Gasteiger partial charge in [-0.3, -0.25) is 14.3 Å². The number of carboxylic acid groups (broad SMARTS) is 1. The fourth-order valence-electron chi connectivity index (χ4n) is 1.62. The van der Waals surface area contributed by atoms with E-state index in [0.29, 0.717) is 12.2 Å². The molecule has 0 saturated heterocycles.